The maximum Gasteiger partial charge on any atom is 0.0235 e. The molecule has 3 aliphatic rings. The smallest absolute Gasteiger partial charge is 0.0235 e. The van der Waals surface area contributed by atoms with Gasteiger partial charge in [0.1, 0.15) is 0 Å². The van der Waals surface area contributed by atoms with Crippen LogP contribution in [0.4, 0.5) is 0 Å². The molecule has 3 heteroatoms. The predicted octanol–water partition coefficient (Wildman–Crippen LogP) is 2.31. The van der Waals surface area contributed by atoms with Gasteiger partial charge in [0.25, 0.3) is 0 Å². The van der Waals surface area contributed by atoms with E-state index in [1.54, 1.807) is 0 Å². The molecule has 2 saturated heterocycles. The normalized spacial score (nSPS) is 41.1. The summed E-state index contributed by atoms with van der Waals surface area (Å²) >= 11 is 0. The minimum absolute atomic E-state index is 0.756. The average molecular weight is 279 g/mol. The zero-order chi connectivity index (χ0) is 13.9. The van der Waals surface area contributed by atoms with Gasteiger partial charge in [-0.2, -0.15) is 0 Å². The molecule has 4 atom stereocenters. The summed E-state index contributed by atoms with van der Waals surface area (Å²) in [6.45, 7) is 8.64. The predicted molar refractivity (Wildman–Crippen MR) is 84.7 cm³/mol. The van der Waals surface area contributed by atoms with Crippen LogP contribution in [-0.4, -0.2) is 54.6 Å². The maximum atomic E-state index is 6.05. The molecular formula is C17H33N3. The zero-order valence-electron chi connectivity index (χ0n) is 13.3. The largest absolute Gasteiger partial charge is 0.330 e. The van der Waals surface area contributed by atoms with Gasteiger partial charge in [0.05, 0.1) is 0 Å². The zero-order valence-corrected chi connectivity index (χ0v) is 13.3. The molecule has 0 aromatic rings. The number of hydrogen-bond donors (Lipinski definition) is 1. The Hall–Kier alpha value is -0.120. The summed E-state index contributed by atoms with van der Waals surface area (Å²) in [6, 6.07) is 1.62. The number of likely N-dealkylation sites (tertiary alicyclic amines) is 2. The number of piperidine rings is 1. The van der Waals surface area contributed by atoms with Gasteiger partial charge in [-0.05, 0) is 63.6 Å². The minimum atomic E-state index is 0.756. The molecule has 0 radical (unpaired) electrons. The fraction of sp³-hybridized carbons (Fsp3) is 1.00. The summed E-state index contributed by atoms with van der Waals surface area (Å²) in [6.07, 6.45) is 9.80. The van der Waals surface area contributed by atoms with Crippen molar-refractivity contribution in [2.45, 2.75) is 64.0 Å². The molecule has 3 nitrogen and oxygen atoms in total. The van der Waals surface area contributed by atoms with Crippen molar-refractivity contribution in [3.63, 3.8) is 0 Å². The molecule has 0 amide bonds. The van der Waals surface area contributed by atoms with Crippen LogP contribution >= 0.6 is 0 Å². The molecule has 3 fully saturated rings. The molecule has 3 rings (SSSR count). The Kier molecular flexibility index (Phi) is 5.00. The third kappa shape index (κ3) is 3.20. The topological polar surface area (TPSA) is 32.5 Å². The molecule has 20 heavy (non-hydrogen) atoms. The van der Waals surface area contributed by atoms with Crippen molar-refractivity contribution in [1.29, 1.82) is 0 Å². The van der Waals surface area contributed by atoms with E-state index in [1.165, 1.54) is 71.1 Å². The van der Waals surface area contributed by atoms with Crippen LogP contribution in [0.15, 0.2) is 0 Å². The highest BCUT2D eigenvalue weighted by atomic mass is 15.3. The van der Waals surface area contributed by atoms with E-state index in [2.05, 4.69) is 16.7 Å². The first-order chi connectivity index (χ1) is 9.78. The quantitative estimate of drug-likeness (QED) is 0.860. The molecule has 1 saturated carbocycles. The van der Waals surface area contributed by atoms with E-state index in [0.717, 1.165) is 30.5 Å². The van der Waals surface area contributed by atoms with Crippen molar-refractivity contribution < 1.29 is 0 Å². The number of nitrogens with two attached hydrogens (primary N) is 1. The van der Waals surface area contributed by atoms with Crippen LogP contribution < -0.4 is 5.73 Å². The van der Waals surface area contributed by atoms with Crippen molar-refractivity contribution in [3.05, 3.63) is 0 Å². The number of nitrogens with zero attached hydrogens (tertiary/aromatic N) is 2. The van der Waals surface area contributed by atoms with Gasteiger partial charge in [0.15, 0.2) is 0 Å². The minimum Gasteiger partial charge on any atom is -0.330 e. The fourth-order valence-electron chi connectivity index (χ4n) is 4.79. The Balaban J connectivity index is 1.57. The molecule has 4 unspecified atom stereocenters. The van der Waals surface area contributed by atoms with Crippen molar-refractivity contribution >= 4 is 0 Å². The standard InChI is InChI=1S/C17H33N3/c1-14-5-6-15(12-18)17(11-14)20-10-7-16(13-20)19-8-3-2-4-9-19/h14-17H,2-13,18H2,1H3. The van der Waals surface area contributed by atoms with Gasteiger partial charge < -0.3 is 5.73 Å². The Labute approximate surface area is 124 Å². The average Bonchev–Trinajstić information content (AvgIpc) is 2.98. The second-order valence-corrected chi connectivity index (χ2v) is 7.52. The summed E-state index contributed by atoms with van der Waals surface area (Å²) < 4.78 is 0. The van der Waals surface area contributed by atoms with Gasteiger partial charge in [-0.3, -0.25) is 9.80 Å². The van der Waals surface area contributed by atoms with Crippen molar-refractivity contribution in [2.75, 3.05) is 32.7 Å². The van der Waals surface area contributed by atoms with Crippen LogP contribution in [0.5, 0.6) is 0 Å². The Morgan fingerprint density at radius 1 is 0.950 bits per heavy atom. The second-order valence-electron chi connectivity index (χ2n) is 7.52. The van der Waals surface area contributed by atoms with E-state index in [9.17, 15) is 0 Å². The highest BCUT2D eigenvalue weighted by Gasteiger charge is 2.37. The number of rotatable bonds is 3. The molecule has 2 heterocycles. The molecule has 0 spiro atoms. The monoisotopic (exact) mass is 279 g/mol. The molecule has 0 aromatic carbocycles. The third-order valence-electron chi connectivity index (χ3n) is 6.09. The maximum absolute atomic E-state index is 6.05. The van der Waals surface area contributed by atoms with Crippen molar-refractivity contribution in [2.24, 2.45) is 17.6 Å². The lowest BCUT2D eigenvalue weighted by Gasteiger charge is -2.40. The van der Waals surface area contributed by atoms with E-state index >= 15 is 0 Å². The van der Waals surface area contributed by atoms with Gasteiger partial charge in [0.2, 0.25) is 0 Å². The van der Waals surface area contributed by atoms with Crippen LogP contribution in [0.25, 0.3) is 0 Å². The van der Waals surface area contributed by atoms with Crippen molar-refractivity contribution in [3.8, 4) is 0 Å². The fourth-order valence-corrected chi connectivity index (χ4v) is 4.79. The number of hydrogen-bond acceptors (Lipinski definition) is 3. The van der Waals surface area contributed by atoms with Crippen molar-refractivity contribution in [1.82, 2.24) is 9.80 Å². The Bertz CT molecular complexity index is 301. The Morgan fingerprint density at radius 2 is 1.75 bits per heavy atom. The summed E-state index contributed by atoms with van der Waals surface area (Å²) in [7, 11) is 0. The first-order valence-electron chi connectivity index (χ1n) is 8.96. The molecule has 2 aliphatic heterocycles. The van der Waals surface area contributed by atoms with Crippen LogP contribution in [0.1, 0.15) is 51.9 Å². The summed E-state index contributed by atoms with van der Waals surface area (Å²) in [5, 5.41) is 0. The van der Waals surface area contributed by atoms with E-state index in [0.29, 0.717) is 0 Å². The second kappa shape index (κ2) is 6.76. The van der Waals surface area contributed by atoms with Gasteiger partial charge in [-0.15, -0.1) is 0 Å². The highest BCUT2D eigenvalue weighted by Crippen LogP contribution is 2.34. The SMILES string of the molecule is CC1CCC(CN)C(N2CCC(N3CCCCC3)C2)C1. The van der Waals surface area contributed by atoms with Gasteiger partial charge in [-0.25, -0.2) is 0 Å². The molecule has 2 N–H and O–H groups in total. The highest BCUT2D eigenvalue weighted by molar-refractivity contribution is 4.93. The van der Waals surface area contributed by atoms with E-state index in [-0.39, 0.29) is 0 Å². The third-order valence-corrected chi connectivity index (χ3v) is 6.09. The van der Waals surface area contributed by atoms with Gasteiger partial charge >= 0.3 is 0 Å². The van der Waals surface area contributed by atoms with E-state index < -0.39 is 0 Å². The summed E-state index contributed by atoms with van der Waals surface area (Å²) in [4.78, 5) is 5.57. The Morgan fingerprint density at radius 3 is 2.50 bits per heavy atom. The van der Waals surface area contributed by atoms with Crippen LogP contribution in [0, 0.1) is 11.8 Å². The van der Waals surface area contributed by atoms with Crippen LogP contribution in [-0.2, 0) is 0 Å². The molecule has 0 bridgehead atoms. The van der Waals surface area contributed by atoms with E-state index in [1.807, 2.05) is 0 Å². The lowest BCUT2D eigenvalue weighted by atomic mass is 9.78. The first-order valence-corrected chi connectivity index (χ1v) is 8.96. The van der Waals surface area contributed by atoms with E-state index in [4.69, 9.17) is 5.73 Å². The lowest BCUT2D eigenvalue weighted by Crippen LogP contribution is -2.47. The molecule has 1 aliphatic carbocycles. The summed E-state index contributed by atoms with van der Waals surface area (Å²) in [5.74, 6) is 1.66. The first kappa shape index (κ1) is 14.8. The van der Waals surface area contributed by atoms with Gasteiger partial charge in [0, 0.05) is 25.2 Å². The molecule has 116 valence electrons. The van der Waals surface area contributed by atoms with Crippen LogP contribution in [0.3, 0.4) is 0 Å². The van der Waals surface area contributed by atoms with Crippen LogP contribution in [0.2, 0.25) is 0 Å². The van der Waals surface area contributed by atoms with Gasteiger partial charge in [-0.1, -0.05) is 19.8 Å². The summed E-state index contributed by atoms with van der Waals surface area (Å²) in [5.41, 5.74) is 6.05. The lowest BCUT2D eigenvalue weighted by molar-refractivity contribution is 0.0925. The molecule has 0 aromatic heterocycles. The molecular weight excluding hydrogens is 246 g/mol.